The molecule has 1 heterocycles. The number of rotatable bonds is 6. The van der Waals surface area contributed by atoms with Crippen LogP contribution in [0, 0.1) is 0 Å². The molecule has 1 fully saturated rings. The standard InChI is InChI=1S/C17H19ClN4OS/c1-22(15-9-14(18)20-17(21-15)11-7-8-11)10-16(23)19-12-5-3-4-6-13(12)24-2/h3-6,9,11H,7-8,10H2,1-2H3,(H,19,23). The molecule has 1 aromatic heterocycles. The quantitative estimate of drug-likeness (QED) is 0.625. The molecule has 0 unspecified atom stereocenters. The van der Waals surface area contributed by atoms with Gasteiger partial charge in [-0.25, -0.2) is 9.97 Å². The van der Waals surface area contributed by atoms with E-state index in [0.717, 1.165) is 29.2 Å². The summed E-state index contributed by atoms with van der Waals surface area (Å²) >= 11 is 7.69. The van der Waals surface area contributed by atoms with Crippen LogP contribution in [0.25, 0.3) is 0 Å². The summed E-state index contributed by atoms with van der Waals surface area (Å²) in [6.45, 7) is 0.195. The fraction of sp³-hybridized carbons (Fsp3) is 0.353. The van der Waals surface area contributed by atoms with Crippen molar-refractivity contribution >= 4 is 40.8 Å². The zero-order valence-corrected chi connectivity index (χ0v) is 15.2. The average Bonchev–Trinajstić information content (AvgIpc) is 3.39. The lowest BCUT2D eigenvalue weighted by atomic mass is 10.3. The summed E-state index contributed by atoms with van der Waals surface area (Å²) in [4.78, 5) is 24.0. The summed E-state index contributed by atoms with van der Waals surface area (Å²) in [5.74, 6) is 1.77. The highest BCUT2D eigenvalue weighted by Gasteiger charge is 2.27. The number of aromatic nitrogens is 2. The topological polar surface area (TPSA) is 58.1 Å². The first kappa shape index (κ1) is 17.0. The van der Waals surface area contributed by atoms with Gasteiger partial charge in [0.15, 0.2) is 0 Å². The number of thioether (sulfide) groups is 1. The Kier molecular flexibility index (Phi) is 5.26. The third-order valence-electron chi connectivity index (χ3n) is 3.79. The van der Waals surface area contributed by atoms with Gasteiger partial charge >= 0.3 is 0 Å². The zero-order chi connectivity index (χ0) is 17.1. The van der Waals surface area contributed by atoms with Crippen LogP contribution in [-0.2, 0) is 4.79 Å². The van der Waals surface area contributed by atoms with Crippen molar-refractivity contribution in [2.24, 2.45) is 0 Å². The molecule has 2 aromatic rings. The molecular formula is C17H19ClN4OS. The average molecular weight is 363 g/mol. The first-order chi connectivity index (χ1) is 11.6. The van der Waals surface area contributed by atoms with Gasteiger partial charge in [0, 0.05) is 23.9 Å². The third-order valence-corrected chi connectivity index (χ3v) is 4.78. The minimum absolute atomic E-state index is 0.0956. The van der Waals surface area contributed by atoms with Gasteiger partial charge in [-0.2, -0.15) is 0 Å². The minimum atomic E-state index is -0.0956. The molecule has 0 spiro atoms. The molecule has 1 aliphatic rings. The van der Waals surface area contributed by atoms with E-state index in [-0.39, 0.29) is 12.5 Å². The Morgan fingerprint density at radius 2 is 2.12 bits per heavy atom. The van der Waals surface area contributed by atoms with Crippen molar-refractivity contribution in [3.8, 4) is 0 Å². The summed E-state index contributed by atoms with van der Waals surface area (Å²) in [6, 6.07) is 9.43. The first-order valence-electron chi connectivity index (χ1n) is 7.75. The van der Waals surface area contributed by atoms with E-state index >= 15 is 0 Å². The predicted molar refractivity (Wildman–Crippen MR) is 99.1 cm³/mol. The lowest BCUT2D eigenvalue weighted by Gasteiger charge is -2.19. The van der Waals surface area contributed by atoms with Gasteiger partial charge in [0.2, 0.25) is 5.91 Å². The number of likely N-dealkylation sites (N-methyl/N-ethyl adjacent to an activating group) is 1. The van der Waals surface area contributed by atoms with Crippen molar-refractivity contribution in [1.29, 1.82) is 0 Å². The second-order valence-corrected chi connectivity index (χ2v) is 7.02. The lowest BCUT2D eigenvalue weighted by molar-refractivity contribution is -0.114. The smallest absolute Gasteiger partial charge is 0.243 e. The van der Waals surface area contributed by atoms with Crippen LogP contribution in [0.2, 0.25) is 5.15 Å². The van der Waals surface area contributed by atoms with Crippen LogP contribution >= 0.6 is 23.4 Å². The molecule has 7 heteroatoms. The summed E-state index contributed by atoms with van der Waals surface area (Å²) in [6.07, 6.45) is 4.20. The molecule has 0 aliphatic heterocycles. The Bertz CT molecular complexity index is 751. The van der Waals surface area contributed by atoms with Gasteiger partial charge in [0.1, 0.15) is 16.8 Å². The van der Waals surface area contributed by atoms with E-state index in [4.69, 9.17) is 11.6 Å². The lowest BCUT2D eigenvalue weighted by Crippen LogP contribution is -2.31. The Balaban J connectivity index is 1.68. The number of carbonyl (C=O) groups is 1. The predicted octanol–water partition coefficient (Wildman–Crippen LogP) is 3.80. The van der Waals surface area contributed by atoms with E-state index in [1.54, 1.807) is 22.7 Å². The van der Waals surface area contributed by atoms with Gasteiger partial charge in [0.05, 0.1) is 12.2 Å². The number of nitrogens with zero attached hydrogens (tertiary/aromatic N) is 3. The van der Waals surface area contributed by atoms with Gasteiger partial charge in [-0.15, -0.1) is 11.8 Å². The van der Waals surface area contributed by atoms with E-state index in [9.17, 15) is 4.79 Å². The summed E-state index contributed by atoms with van der Waals surface area (Å²) < 4.78 is 0. The SMILES string of the molecule is CSc1ccccc1NC(=O)CN(C)c1cc(Cl)nc(C2CC2)n1. The summed E-state index contributed by atoms with van der Waals surface area (Å²) in [7, 11) is 1.83. The maximum absolute atomic E-state index is 12.3. The van der Waals surface area contributed by atoms with Gasteiger partial charge in [0.25, 0.3) is 0 Å². The molecule has 0 saturated heterocycles. The van der Waals surface area contributed by atoms with Crippen molar-refractivity contribution in [2.75, 3.05) is 30.1 Å². The normalized spacial score (nSPS) is 13.6. The highest BCUT2D eigenvalue weighted by molar-refractivity contribution is 7.98. The molecule has 5 nitrogen and oxygen atoms in total. The second-order valence-electron chi connectivity index (χ2n) is 5.79. The van der Waals surface area contributed by atoms with Gasteiger partial charge < -0.3 is 10.2 Å². The van der Waals surface area contributed by atoms with Crippen molar-refractivity contribution in [2.45, 2.75) is 23.7 Å². The molecule has 0 atom stereocenters. The fourth-order valence-electron chi connectivity index (χ4n) is 2.38. The number of halogens is 1. The van der Waals surface area contributed by atoms with Crippen LogP contribution < -0.4 is 10.2 Å². The van der Waals surface area contributed by atoms with Gasteiger partial charge in [-0.05, 0) is 31.2 Å². The van der Waals surface area contributed by atoms with Crippen molar-refractivity contribution < 1.29 is 4.79 Å². The second kappa shape index (κ2) is 7.40. The van der Waals surface area contributed by atoms with Gasteiger partial charge in [-0.3, -0.25) is 4.79 Å². The van der Waals surface area contributed by atoms with Crippen LogP contribution in [-0.4, -0.2) is 35.7 Å². The van der Waals surface area contributed by atoms with Crippen LogP contribution in [0.4, 0.5) is 11.5 Å². The molecule has 0 radical (unpaired) electrons. The van der Waals surface area contributed by atoms with E-state index in [1.165, 1.54) is 0 Å². The molecule has 24 heavy (non-hydrogen) atoms. The van der Waals surface area contributed by atoms with Crippen molar-refractivity contribution in [1.82, 2.24) is 9.97 Å². The van der Waals surface area contributed by atoms with Crippen molar-refractivity contribution in [3.05, 3.63) is 41.3 Å². The number of benzene rings is 1. The molecule has 0 bridgehead atoms. The number of hydrogen-bond donors (Lipinski definition) is 1. The number of para-hydroxylation sites is 1. The number of nitrogens with one attached hydrogen (secondary N) is 1. The maximum Gasteiger partial charge on any atom is 0.243 e. The Morgan fingerprint density at radius 3 is 2.83 bits per heavy atom. The highest BCUT2D eigenvalue weighted by Crippen LogP contribution is 2.39. The molecule has 1 aliphatic carbocycles. The monoisotopic (exact) mass is 362 g/mol. The van der Waals surface area contributed by atoms with Crippen LogP contribution in [0.3, 0.4) is 0 Å². The van der Waals surface area contributed by atoms with Gasteiger partial charge in [-0.1, -0.05) is 23.7 Å². The molecule has 3 rings (SSSR count). The fourth-order valence-corrected chi connectivity index (χ4v) is 3.11. The number of hydrogen-bond acceptors (Lipinski definition) is 5. The highest BCUT2D eigenvalue weighted by atomic mass is 35.5. The van der Waals surface area contributed by atoms with E-state index in [1.807, 2.05) is 37.6 Å². The first-order valence-corrected chi connectivity index (χ1v) is 9.35. The Morgan fingerprint density at radius 1 is 1.38 bits per heavy atom. The van der Waals surface area contributed by atoms with Crippen LogP contribution in [0.5, 0.6) is 0 Å². The summed E-state index contributed by atoms with van der Waals surface area (Å²) in [5, 5.41) is 3.37. The van der Waals surface area contributed by atoms with E-state index in [0.29, 0.717) is 16.9 Å². The third kappa shape index (κ3) is 4.19. The molecule has 1 aromatic carbocycles. The Hall–Kier alpha value is -1.79. The molecule has 1 amide bonds. The molecule has 1 N–H and O–H groups in total. The molecule has 126 valence electrons. The minimum Gasteiger partial charge on any atom is -0.350 e. The molecule has 1 saturated carbocycles. The van der Waals surface area contributed by atoms with E-state index in [2.05, 4.69) is 15.3 Å². The number of anilines is 2. The maximum atomic E-state index is 12.3. The van der Waals surface area contributed by atoms with Crippen LogP contribution in [0.15, 0.2) is 35.2 Å². The van der Waals surface area contributed by atoms with Crippen molar-refractivity contribution in [3.63, 3.8) is 0 Å². The molecular weight excluding hydrogens is 344 g/mol. The summed E-state index contributed by atoms with van der Waals surface area (Å²) in [5.41, 5.74) is 0.822. The van der Waals surface area contributed by atoms with Crippen LogP contribution in [0.1, 0.15) is 24.6 Å². The largest absolute Gasteiger partial charge is 0.350 e. The number of carbonyl (C=O) groups excluding carboxylic acids is 1. The Labute approximate surface area is 150 Å². The van der Waals surface area contributed by atoms with E-state index < -0.39 is 0 Å². The zero-order valence-electron chi connectivity index (χ0n) is 13.6. The number of amides is 1.